The molecule has 1 atom stereocenters. The van der Waals surface area contributed by atoms with Crippen molar-refractivity contribution in [1.29, 1.82) is 0 Å². The van der Waals surface area contributed by atoms with E-state index in [1.54, 1.807) is 18.2 Å². The van der Waals surface area contributed by atoms with Gasteiger partial charge >= 0.3 is 0 Å². The van der Waals surface area contributed by atoms with E-state index >= 15 is 0 Å². The van der Waals surface area contributed by atoms with Crippen LogP contribution in [0.25, 0.3) is 0 Å². The molecule has 2 aromatic carbocycles. The Labute approximate surface area is 125 Å². The molecule has 0 aliphatic carbocycles. The normalized spacial score (nSPS) is 12.2. The predicted octanol–water partition coefficient (Wildman–Crippen LogP) is 4.42. The minimum absolute atomic E-state index is 0.0176. The SMILES string of the molecule is OC(CNc1ccc(Cl)cc1Cl)c1ccc(F)cc1F. The molecule has 2 rings (SSSR count). The number of aliphatic hydroxyl groups is 1. The van der Waals surface area contributed by atoms with Gasteiger partial charge in [-0.15, -0.1) is 0 Å². The minimum atomic E-state index is -1.12. The lowest BCUT2D eigenvalue weighted by atomic mass is 10.1. The van der Waals surface area contributed by atoms with Gasteiger partial charge in [-0.3, -0.25) is 0 Å². The summed E-state index contributed by atoms with van der Waals surface area (Å²) in [7, 11) is 0. The molecular weight excluding hydrogens is 307 g/mol. The van der Waals surface area contributed by atoms with Crippen molar-refractivity contribution in [3.63, 3.8) is 0 Å². The Bertz CT molecular complexity index is 622. The molecule has 0 aromatic heterocycles. The number of benzene rings is 2. The van der Waals surface area contributed by atoms with Gasteiger partial charge in [0.1, 0.15) is 11.6 Å². The van der Waals surface area contributed by atoms with Crippen molar-refractivity contribution in [2.45, 2.75) is 6.10 Å². The number of hydrogen-bond acceptors (Lipinski definition) is 2. The van der Waals surface area contributed by atoms with Crippen LogP contribution in [0.4, 0.5) is 14.5 Å². The highest BCUT2D eigenvalue weighted by molar-refractivity contribution is 6.36. The van der Waals surface area contributed by atoms with E-state index in [0.29, 0.717) is 15.7 Å². The Morgan fingerprint density at radius 2 is 1.85 bits per heavy atom. The van der Waals surface area contributed by atoms with Crippen LogP contribution >= 0.6 is 23.2 Å². The number of anilines is 1. The van der Waals surface area contributed by atoms with Crippen LogP contribution in [0.5, 0.6) is 0 Å². The van der Waals surface area contributed by atoms with E-state index in [2.05, 4.69) is 5.32 Å². The molecule has 0 amide bonds. The summed E-state index contributed by atoms with van der Waals surface area (Å²) in [4.78, 5) is 0. The topological polar surface area (TPSA) is 32.3 Å². The first-order chi connectivity index (χ1) is 9.47. The highest BCUT2D eigenvalue weighted by Crippen LogP contribution is 2.26. The van der Waals surface area contributed by atoms with Crippen LogP contribution in [-0.2, 0) is 0 Å². The number of aliphatic hydroxyl groups excluding tert-OH is 1. The monoisotopic (exact) mass is 317 g/mol. The van der Waals surface area contributed by atoms with E-state index in [0.717, 1.165) is 12.1 Å². The first kappa shape index (κ1) is 15.0. The van der Waals surface area contributed by atoms with Crippen LogP contribution in [-0.4, -0.2) is 11.7 Å². The summed E-state index contributed by atoms with van der Waals surface area (Å²) in [6.07, 6.45) is -1.12. The zero-order valence-corrected chi connectivity index (χ0v) is 11.7. The first-order valence-electron chi connectivity index (χ1n) is 5.79. The second-order valence-corrected chi connectivity index (χ2v) is 5.03. The maximum atomic E-state index is 13.5. The summed E-state index contributed by atoms with van der Waals surface area (Å²) < 4.78 is 26.3. The quantitative estimate of drug-likeness (QED) is 0.875. The molecule has 2 aromatic rings. The van der Waals surface area contributed by atoms with Crippen molar-refractivity contribution in [2.75, 3.05) is 11.9 Å². The molecule has 2 nitrogen and oxygen atoms in total. The zero-order chi connectivity index (χ0) is 14.7. The molecule has 0 fully saturated rings. The summed E-state index contributed by atoms with van der Waals surface area (Å²) >= 11 is 11.7. The molecule has 6 heteroatoms. The highest BCUT2D eigenvalue weighted by atomic mass is 35.5. The third-order valence-electron chi connectivity index (χ3n) is 2.74. The summed E-state index contributed by atoms with van der Waals surface area (Å²) in [5, 5.41) is 13.7. The zero-order valence-electron chi connectivity index (χ0n) is 10.2. The van der Waals surface area contributed by atoms with Gasteiger partial charge in [0.05, 0.1) is 16.8 Å². The Morgan fingerprint density at radius 1 is 1.10 bits per heavy atom. The Kier molecular flexibility index (Phi) is 4.81. The van der Waals surface area contributed by atoms with Crippen molar-refractivity contribution >= 4 is 28.9 Å². The van der Waals surface area contributed by atoms with Crippen molar-refractivity contribution in [3.8, 4) is 0 Å². The Morgan fingerprint density at radius 3 is 2.50 bits per heavy atom. The van der Waals surface area contributed by atoms with Crippen LogP contribution in [0.1, 0.15) is 11.7 Å². The van der Waals surface area contributed by atoms with Gasteiger partial charge in [0.25, 0.3) is 0 Å². The molecule has 0 bridgehead atoms. The highest BCUT2D eigenvalue weighted by Gasteiger charge is 2.14. The van der Waals surface area contributed by atoms with Crippen LogP contribution in [0.2, 0.25) is 10.0 Å². The van der Waals surface area contributed by atoms with Gasteiger partial charge < -0.3 is 10.4 Å². The Balaban J connectivity index is 2.06. The molecule has 0 heterocycles. The van der Waals surface area contributed by atoms with Gasteiger partial charge in [0, 0.05) is 23.2 Å². The van der Waals surface area contributed by atoms with E-state index in [4.69, 9.17) is 23.2 Å². The van der Waals surface area contributed by atoms with E-state index in [9.17, 15) is 13.9 Å². The molecule has 2 N–H and O–H groups in total. The number of halogens is 4. The van der Waals surface area contributed by atoms with E-state index in [1.165, 1.54) is 6.07 Å². The molecule has 0 aliphatic rings. The summed E-state index contributed by atoms with van der Waals surface area (Å²) in [5.74, 6) is -1.48. The maximum absolute atomic E-state index is 13.5. The number of nitrogens with one attached hydrogen (secondary N) is 1. The van der Waals surface area contributed by atoms with E-state index in [1.807, 2.05) is 0 Å². The average Bonchev–Trinajstić information content (AvgIpc) is 2.37. The van der Waals surface area contributed by atoms with Crippen molar-refractivity contribution < 1.29 is 13.9 Å². The van der Waals surface area contributed by atoms with Gasteiger partial charge in [-0.25, -0.2) is 8.78 Å². The largest absolute Gasteiger partial charge is 0.386 e. The molecule has 0 saturated heterocycles. The fourth-order valence-corrected chi connectivity index (χ4v) is 2.20. The van der Waals surface area contributed by atoms with E-state index < -0.39 is 17.7 Å². The lowest BCUT2D eigenvalue weighted by Gasteiger charge is -2.15. The van der Waals surface area contributed by atoms with Gasteiger partial charge in [0.15, 0.2) is 0 Å². The second kappa shape index (κ2) is 6.39. The second-order valence-electron chi connectivity index (χ2n) is 4.19. The van der Waals surface area contributed by atoms with Crippen LogP contribution in [0.15, 0.2) is 36.4 Å². The fourth-order valence-electron chi connectivity index (χ4n) is 1.72. The minimum Gasteiger partial charge on any atom is -0.386 e. The standard InChI is InChI=1S/C14H11Cl2F2NO/c15-8-1-4-13(11(16)5-8)19-7-14(20)10-3-2-9(17)6-12(10)18/h1-6,14,19-20H,7H2. The van der Waals surface area contributed by atoms with Gasteiger partial charge in [0.2, 0.25) is 0 Å². The number of hydrogen-bond donors (Lipinski definition) is 2. The number of rotatable bonds is 4. The third-order valence-corrected chi connectivity index (χ3v) is 3.29. The Hall–Kier alpha value is -1.36. The molecule has 106 valence electrons. The molecule has 0 spiro atoms. The lowest BCUT2D eigenvalue weighted by Crippen LogP contribution is -2.13. The van der Waals surface area contributed by atoms with Gasteiger partial charge in [-0.05, 0) is 24.3 Å². The first-order valence-corrected chi connectivity index (χ1v) is 6.55. The predicted molar refractivity (Wildman–Crippen MR) is 76.3 cm³/mol. The molecule has 20 heavy (non-hydrogen) atoms. The van der Waals surface area contributed by atoms with Gasteiger partial charge in [-0.1, -0.05) is 29.3 Å². The van der Waals surface area contributed by atoms with Gasteiger partial charge in [-0.2, -0.15) is 0 Å². The van der Waals surface area contributed by atoms with Crippen LogP contribution < -0.4 is 5.32 Å². The summed E-state index contributed by atoms with van der Waals surface area (Å²) in [5.41, 5.74) is 0.585. The average molecular weight is 318 g/mol. The maximum Gasteiger partial charge on any atom is 0.131 e. The lowest BCUT2D eigenvalue weighted by molar-refractivity contribution is 0.186. The molecule has 1 unspecified atom stereocenters. The van der Waals surface area contributed by atoms with Crippen LogP contribution in [0.3, 0.4) is 0 Å². The molecule has 0 aliphatic heterocycles. The third kappa shape index (κ3) is 3.60. The van der Waals surface area contributed by atoms with E-state index in [-0.39, 0.29) is 12.1 Å². The fraction of sp³-hybridized carbons (Fsp3) is 0.143. The van der Waals surface area contributed by atoms with Crippen molar-refractivity contribution in [2.24, 2.45) is 0 Å². The molecule has 0 saturated carbocycles. The van der Waals surface area contributed by atoms with Crippen molar-refractivity contribution in [1.82, 2.24) is 0 Å². The van der Waals surface area contributed by atoms with Crippen LogP contribution in [0, 0.1) is 11.6 Å². The smallest absolute Gasteiger partial charge is 0.131 e. The summed E-state index contributed by atoms with van der Waals surface area (Å²) in [6.45, 7) is 0.0317. The molecule has 0 radical (unpaired) electrons. The summed E-state index contributed by atoms with van der Waals surface area (Å²) in [6, 6.07) is 7.88. The molecular formula is C14H11Cl2F2NO. The van der Waals surface area contributed by atoms with Crippen molar-refractivity contribution in [3.05, 3.63) is 63.6 Å².